The third kappa shape index (κ3) is 3.37. The number of aromatic nitrogens is 2. The van der Waals surface area contributed by atoms with Gasteiger partial charge in [0.1, 0.15) is 5.03 Å². The smallest absolute Gasteiger partial charge is 0.256 e. The van der Waals surface area contributed by atoms with Gasteiger partial charge in [-0.1, -0.05) is 48.5 Å². The van der Waals surface area contributed by atoms with Gasteiger partial charge in [0.15, 0.2) is 0 Å². The second kappa shape index (κ2) is 6.74. The van der Waals surface area contributed by atoms with E-state index in [0.717, 1.165) is 27.6 Å². The molecule has 6 heteroatoms. The molecule has 0 aliphatic carbocycles. The Morgan fingerprint density at radius 2 is 1.73 bits per heavy atom. The number of para-hydroxylation sites is 1. The number of fused-ring (bicyclic) bond motifs is 1. The number of benzene rings is 2. The van der Waals surface area contributed by atoms with Gasteiger partial charge in [-0.15, -0.1) is 0 Å². The molecule has 0 aliphatic rings. The fraction of sp³-hybridized carbons (Fsp3) is 0.0500. The fourth-order valence-electron chi connectivity index (χ4n) is 2.80. The average molecular weight is 363 g/mol. The van der Waals surface area contributed by atoms with Crippen molar-refractivity contribution in [1.82, 2.24) is 14.7 Å². The zero-order valence-corrected chi connectivity index (χ0v) is 14.7. The molecule has 0 fully saturated rings. The van der Waals surface area contributed by atoms with Crippen molar-refractivity contribution in [2.24, 2.45) is 0 Å². The van der Waals surface area contributed by atoms with E-state index in [-0.39, 0.29) is 11.6 Å². The Balaban J connectivity index is 1.49. The molecule has 0 spiro atoms. The minimum atomic E-state index is -3.60. The number of pyridine rings is 1. The van der Waals surface area contributed by atoms with Crippen molar-refractivity contribution in [2.75, 3.05) is 0 Å². The summed E-state index contributed by atoms with van der Waals surface area (Å²) in [6, 6.07) is 20.7. The number of hydrogen-bond donors (Lipinski definition) is 2. The van der Waals surface area contributed by atoms with Crippen LogP contribution in [-0.4, -0.2) is 18.4 Å². The molecule has 4 rings (SSSR count). The van der Waals surface area contributed by atoms with Gasteiger partial charge in [-0.2, -0.15) is 0 Å². The van der Waals surface area contributed by atoms with Crippen molar-refractivity contribution in [3.05, 3.63) is 84.7 Å². The second-order valence-corrected chi connectivity index (χ2v) is 7.72. The second-order valence-electron chi connectivity index (χ2n) is 5.98. The lowest BCUT2D eigenvalue weighted by atomic mass is 10.1. The summed E-state index contributed by atoms with van der Waals surface area (Å²) in [7, 11) is -3.60. The van der Waals surface area contributed by atoms with Crippen molar-refractivity contribution in [2.45, 2.75) is 11.6 Å². The molecule has 0 atom stereocenters. The first kappa shape index (κ1) is 16.5. The predicted octanol–water partition coefficient (Wildman–Crippen LogP) is 3.71. The van der Waals surface area contributed by atoms with Gasteiger partial charge in [0.2, 0.25) is 0 Å². The number of hydrogen-bond acceptors (Lipinski definition) is 3. The molecule has 26 heavy (non-hydrogen) atoms. The zero-order valence-electron chi connectivity index (χ0n) is 13.9. The van der Waals surface area contributed by atoms with Gasteiger partial charge in [-0.25, -0.2) is 13.1 Å². The molecule has 0 aliphatic heterocycles. The maximum absolute atomic E-state index is 12.5. The molecular weight excluding hydrogens is 346 g/mol. The van der Waals surface area contributed by atoms with Crippen LogP contribution in [0.4, 0.5) is 0 Å². The van der Waals surface area contributed by atoms with Crippen LogP contribution in [0.15, 0.2) is 84.1 Å². The Bertz CT molecular complexity index is 1100. The van der Waals surface area contributed by atoms with Crippen LogP contribution in [0.25, 0.3) is 22.0 Å². The summed E-state index contributed by atoms with van der Waals surface area (Å²) in [5.41, 5.74) is 3.75. The standard InChI is InChI=1S/C20H17N3O2S/c24-26(25,20-12-17-4-1-2-6-19(17)23-20)22-13-15-7-9-16(10-8-15)18-5-3-11-21-14-18/h1-12,14,22-23H,13H2. The molecule has 4 aromatic rings. The molecule has 0 radical (unpaired) electrons. The van der Waals surface area contributed by atoms with E-state index in [0.29, 0.717) is 0 Å². The Morgan fingerprint density at radius 3 is 2.46 bits per heavy atom. The van der Waals surface area contributed by atoms with Crippen LogP contribution in [0.3, 0.4) is 0 Å². The molecule has 0 amide bonds. The summed E-state index contributed by atoms with van der Waals surface area (Å²) in [5, 5.41) is 1.04. The highest BCUT2D eigenvalue weighted by Crippen LogP contribution is 2.20. The molecule has 0 saturated heterocycles. The zero-order chi connectivity index (χ0) is 18.0. The van der Waals surface area contributed by atoms with E-state index in [2.05, 4.69) is 14.7 Å². The quantitative estimate of drug-likeness (QED) is 0.568. The van der Waals surface area contributed by atoms with Crippen molar-refractivity contribution in [1.29, 1.82) is 0 Å². The highest BCUT2D eigenvalue weighted by molar-refractivity contribution is 7.89. The first-order chi connectivity index (χ1) is 12.6. The monoisotopic (exact) mass is 363 g/mol. The van der Waals surface area contributed by atoms with E-state index >= 15 is 0 Å². The van der Waals surface area contributed by atoms with Crippen LogP contribution in [0, 0.1) is 0 Å². The van der Waals surface area contributed by atoms with E-state index in [1.54, 1.807) is 18.5 Å². The molecule has 0 unspecified atom stereocenters. The number of H-pyrrole nitrogens is 1. The lowest BCUT2D eigenvalue weighted by Crippen LogP contribution is -2.23. The van der Waals surface area contributed by atoms with Crippen LogP contribution in [0.2, 0.25) is 0 Å². The van der Waals surface area contributed by atoms with Gasteiger partial charge in [0, 0.05) is 29.8 Å². The van der Waals surface area contributed by atoms with Crippen LogP contribution in [-0.2, 0) is 16.6 Å². The lowest BCUT2D eigenvalue weighted by molar-refractivity contribution is 0.578. The summed E-state index contributed by atoms with van der Waals surface area (Å²) in [6.07, 6.45) is 3.53. The Labute approximate surface area is 151 Å². The van der Waals surface area contributed by atoms with E-state index in [9.17, 15) is 8.42 Å². The highest BCUT2D eigenvalue weighted by atomic mass is 32.2. The number of aromatic amines is 1. The van der Waals surface area contributed by atoms with Gasteiger partial charge in [0.25, 0.3) is 10.0 Å². The minimum Gasteiger partial charge on any atom is -0.345 e. The highest BCUT2D eigenvalue weighted by Gasteiger charge is 2.16. The topological polar surface area (TPSA) is 74.8 Å². The third-order valence-electron chi connectivity index (χ3n) is 4.21. The minimum absolute atomic E-state index is 0.172. The fourth-order valence-corrected chi connectivity index (χ4v) is 3.83. The summed E-state index contributed by atoms with van der Waals surface area (Å²) in [5.74, 6) is 0. The van der Waals surface area contributed by atoms with Gasteiger partial charge in [0.05, 0.1) is 0 Å². The molecule has 0 bridgehead atoms. The van der Waals surface area contributed by atoms with Gasteiger partial charge in [-0.3, -0.25) is 4.98 Å². The molecule has 2 heterocycles. The maximum atomic E-state index is 12.5. The largest absolute Gasteiger partial charge is 0.345 e. The molecule has 2 aromatic heterocycles. The van der Waals surface area contributed by atoms with Crippen molar-refractivity contribution in [3.8, 4) is 11.1 Å². The molecule has 2 aromatic carbocycles. The van der Waals surface area contributed by atoms with E-state index in [1.165, 1.54) is 0 Å². The number of nitrogens with zero attached hydrogens (tertiary/aromatic N) is 1. The normalized spacial score (nSPS) is 11.7. The Morgan fingerprint density at radius 1 is 0.923 bits per heavy atom. The maximum Gasteiger partial charge on any atom is 0.256 e. The molecule has 0 saturated carbocycles. The van der Waals surface area contributed by atoms with Gasteiger partial charge < -0.3 is 4.98 Å². The van der Waals surface area contributed by atoms with Crippen molar-refractivity contribution < 1.29 is 8.42 Å². The van der Waals surface area contributed by atoms with Gasteiger partial charge >= 0.3 is 0 Å². The van der Waals surface area contributed by atoms with E-state index in [1.807, 2.05) is 60.7 Å². The molecule has 130 valence electrons. The predicted molar refractivity (Wildman–Crippen MR) is 102 cm³/mol. The lowest BCUT2D eigenvalue weighted by Gasteiger charge is -2.06. The van der Waals surface area contributed by atoms with Crippen LogP contribution in [0.1, 0.15) is 5.56 Å². The van der Waals surface area contributed by atoms with Crippen LogP contribution < -0.4 is 4.72 Å². The van der Waals surface area contributed by atoms with Crippen LogP contribution in [0.5, 0.6) is 0 Å². The summed E-state index contributed by atoms with van der Waals surface area (Å²) in [6.45, 7) is 0.227. The first-order valence-corrected chi connectivity index (χ1v) is 9.67. The molecular formula is C20H17N3O2S. The van der Waals surface area contributed by atoms with E-state index < -0.39 is 10.0 Å². The SMILES string of the molecule is O=S(=O)(NCc1ccc(-c2cccnc2)cc1)c1cc2ccccc2[nH]1. The van der Waals surface area contributed by atoms with E-state index in [4.69, 9.17) is 0 Å². The number of nitrogens with one attached hydrogen (secondary N) is 2. The molecule has 5 nitrogen and oxygen atoms in total. The number of rotatable bonds is 5. The van der Waals surface area contributed by atoms with Crippen LogP contribution >= 0.6 is 0 Å². The molecule has 2 N–H and O–H groups in total. The Kier molecular flexibility index (Phi) is 4.28. The average Bonchev–Trinajstić information content (AvgIpc) is 3.13. The summed E-state index contributed by atoms with van der Waals surface area (Å²) < 4.78 is 27.7. The third-order valence-corrected chi connectivity index (χ3v) is 5.53. The first-order valence-electron chi connectivity index (χ1n) is 8.19. The van der Waals surface area contributed by atoms with Crippen molar-refractivity contribution >= 4 is 20.9 Å². The van der Waals surface area contributed by atoms with Crippen molar-refractivity contribution in [3.63, 3.8) is 0 Å². The van der Waals surface area contributed by atoms with Gasteiger partial charge in [-0.05, 0) is 34.9 Å². The summed E-state index contributed by atoms with van der Waals surface area (Å²) >= 11 is 0. The summed E-state index contributed by atoms with van der Waals surface area (Å²) in [4.78, 5) is 7.05. The number of sulfonamides is 1. The Hall–Kier alpha value is -2.96.